The Kier molecular flexibility index (Phi) is 14.5. The monoisotopic (exact) mass is 739 g/mol. The molecule has 6 atom stereocenters. The third kappa shape index (κ3) is 11.3. The molecular formula is C34H57N7O11. The second-order valence-electron chi connectivity index (χ2n) is 15.2. The van der Waals surface area contributed by atoms with Crippen molar-refractivity contribution in [3.8, 4) is 0 Å². The molecule has 4 heterocycles. The molecule has 4 rings (SSSR count). The molecule has 4 aliphatic heterocycles. The van der Waals surface area contributed by atoms with Gasteiger partial charge in [0, 0.05) is 32.2 Å². The molecular weight excluding hydrogens is 682 g/mol. The van der Waals surface area contributed by atoms with Crippen molar-refractivity contribution in [1.82, 2.24) is 36.0 Å². The van der Waals surface area contributed by atoms with Gasteiger partial charge in [-0.25, -0.2) is 24.0 Å². The maximum Gasteiger partial charge on any atom is 0.408 e. The van der Waals surface area contributed by atoms with E-state index in [0.717, 1.165) is 19.4 Å². The van der Waals surface area contributed by atoms with Gasteiger partial charge in [0.2, 0.25) is 11.8 Å². The first-order chi connectivity index (χ1) is 24.3. The van der Waals surface area contributed by atoms with E-state index < -0.39 is 65.4 Å². The van der Waals surface area contributed by atoms with E-state index in [9.17, 15) is 33.6 Å². The Balaban J connectivity index is 0.000000284. The number of amides is 6. The standard InChI is InChI=1S/C18H30N4O6.C16H27N3O5/c1-18(2,3)28-17(26)20-12-10-21(16(25)19-4)9-8-11-6-7-13(15(24)27-5)22(11)14(12)23;1-16(2,3)24-15(22)18-11-9-17-8-7-10-5-6-12(14(21)23-4)19(10)13(11)20/h11-13H,6-10H2,1-5H3,(H,19,25)(H,20,26);10-12,17H,5-9H2,1-4H3,(H,18,22)/t11-,12+,13+;10-,11+,12+/m11/s1. The molecule has 0 aliphatic carbocycles. The number of nitrogens with one attached hydrogen (secondary N) is 4. The minimum atomic E-state index is -1.03. The fourth-order valence-corrected chi connectivity index (χ4v) is 6.85. The van der Waals surface area contributed by atoms with Crippen molar-refractivity contribution in [1.29, 1.82) is 0 Å². The molecule has 294 valence electrons. The zero-order chi connectivity index (χ0) is 39.0. The second-order valence-corrected chi connectivity index (χ2v) is 15.2. The van der Waals surface area contributed by atoms with Crippen molar-refractivity contribution in [3.63, 3.8) is 0 Å². The Morgan fingerprint density at radius 2 is 1.15 bits per heavy atom. The maximum absolute atomic E-state index is 13.3. The first-order valence-electron chi connectivity index (χ1n) is 17.8. The zero-order valence-electron chi connectivity index (χ0n) is 31.9. The first-order valence-corrected chi connectivity index (χ1v) is 17.8. The topological polar surface area (TPSA) is 214 Å². The van der Waals surface area contributed by atoms with Crippen molar-refractivity contribution in [3.05, 3.63) is 0 Å². The number of carbonyl (C=O) groups excluding carboxylic acids is 7. The van der Waals surface area contributed by atoms with Crippen LogP contribution in [0.1, 0.15) is 80.1 Å². The number of ether oxygens (including phenoxy) is 4. The highest BCUT2D eigenvalue weighted by atomic mass is 16.6. The van der Waals surface area contributed by atoms with Gasteiger partial charge in [-0.2, -0.15) is 0 Å². The number of esters is 2. The number of nitrogens with zero attached hydrogens (tertiary/aromatic N) is 3. The Labute approximate surface area is 305 Å². The highest BCUT2D eigenvalue weighted by molar-refractivity contribution is 5.92. The van der Waals surface area contributed by atoms with Crippen molar-refractivity contribution in [2.75, 3.05) is 47.4 Å². The van der Waals surface area contributed by atoms with Crippen LogP contribution in [0.25, 0.3) is 0 Å². The van der Waals surface area contributed by atoms with Crippen LogP contribution in [-0.2, 0) is 38.1 Å². The fraction of sp³-hybridized carbons (Fsp3) is 0.794. The number of alkyl carbamates (subject to hydrolysis) is 2. The summed E-state index contributed by atoms with van der Waals surface area (Å²) in [5.74, 6) is -1.57. The van der Waals surface area contributed by atoms with Crippen LogP contribution in [0.2, 0.25) is 0 Å². The van der Waals surface area contributed by atoms with E-state index in [0.29, 0.717) is 38.8 Å². The Hall–Kier alpha value is -4.35. The lowest BCUT2D eigenvalue weighted by Gasteiger charge is -2.38. The van der Waals surface area contributed by atoms with Gasteiger partial charge in [-0.1, -0.05) is 0 Å². The lowest BCUT2D eigenvalue weighted by atomic mass is 10.1. The van der Waals surface area contributed by atoms with Gasteiger partial charge in [-0.3, -0.25) is 9.59 Å². The highest BCUT2D eigenvalue weighted by Gasteiger charge is 2.47. The molecule has 0 aromatic carbocycles. The summed E-state index contributed by atoms with van der Waals surface area (Å²) in [4.78, 5) is 91.4. The van der Waals surface area contributed by atoms with Crippen molar-refractivity contribution >= 4 is 42.0 Å². The molecule has 0 bridgehead atoms. The highest BCUT2D eigenvalue weighted by Crippen LogP contribution is 2.31. The van der Waals surface area contributed by atoms with Gasteiger partial charge in [-0.05, 0) is 86.6 Å². The van der Waals surface area contributed by atoms with Crippen LogP contribution in [0.5, 0.6) is 0 Å². The summed E-state index contributed by atoms with van der Waals surface area (Å²) < 4.78 is 20.2. The third-order valence-electron chi connectivity index (χ3n) is 9.08. The summed E-state index contributed by atoms with van der Waals surface area (Å²) in [6.45, 7) is 11.8. The summed E-state index contributed by atoms with van der Waals surface area (Å²) in [5, 5.41) is 10.9. The molecule has 0 saturated carbocycles. The Bertz CT molecular complexity index is 1330. The van der Waals surface area contributed by atoms with Crippen LogP contribution in [0, 0.1) is 0 Å². The quantitative estimate of drug-likeness (QED) is 0.234. The van der Waals surface area contributed by atoms with Crippen molar-refractivity contribution in [2.45, 2.75) is 128 Å². The van der Waals surface area contributed by atoms with Crippen molar-refractivity contribution < 1.29 is 52.5 Å². The molecule has 0 radical (unpaired) electrons. The average molecular weight is 740 g/mol. The lowest BCUT2D eigenvalue weighted by molar-refractivity contribution is -0.153. The molecule has 4 fully saturated rings. The summed E-state index contributed by atoms with van der Waals surface area (Å²) in [6.07, 6.45) is 2.38. The Morgan fingerprint density at radius 3 is 1.62 bits per heavy atom. The van der Waals surface area contributed by atoms with Crippen LogP contribution in [0.15, 0.2) is 0 Å². The molecule has 0 spiro atoms. The summed E-state index contributed by atoms with van der Waals surface area (Å²) >= 11 is 0. The van der Waals surface area contributed by atoms with E-state index >= 15 is 0 Å². The van der Waals surface area contributed by atoms with Crippen LogP contribution < -0.4 is 21.3 Å². The maximum atomic E-state index is 13.3. The van der Waals surface area contributed by atoms with E-state index in [1.165, 1.54) is 31.1 Å². The molecule has 52 heavy (non-hydrogen) atoms. The number of carbonyl (C=O) groups is 7. The van der Waals surface area contributed by atoms with Crippen LogP contribution in [0.4, 0.5) is 14.4 Å². The van der Waals surface area contributed by atoms with Crippen LogP contribution in [0.3, 0.4) is 0 Å². The SMILES string of the molecule is CNC(=O)N1CC[C@H]2CC[C@@H](C(=O)OC)N2C(=O)[C@@H](NC(=O)OC(C)(C)C)C1.COC(=O)[C@@H]1CC[C@@H]2CCNC[C@H](NC(=O)OC(C)(C)C)C(=O)N21. The average Bonchev–Trinajstić information content (AvgIpc) is 3.67. The first kappa shape index (κ1) is 42.1. The largest absolute Gasteiger partial charge is 0.467 e. The minimum absolute atomic E-state index is 0.0164. The summed E-state index contributed by atoms with van der Waals surface area (Å²) in [6, 6.07) is -3.61. The number of hydrogen-bond donors (Lipinski definition) is 4. The Morgan fingerprint density at radius 1 is 0.692 bits per heavy atom. The van der Waals surface area contributed by atoms with Gasteiger partial charge in [0.1, 0.15) is 35.4 Å². The molecule has 0 aromatic rings. The van der Waals surface area contributed by atoms with E-state index in [-0.39, 0.29) is 30.6 Å². The fourth-order valence-electron chi connectivity index (χ4n) is 6.85. The predicted molar refractivity (Wildman–Crippen MR) is 186 cm³/mol. The van der Waals surface area contributed by atoms with Gasteiger partial charge < -0.3 is 54.9 Å². The number of rotatable bonds is 4. The van der Waals surface area contributed by atoms with Crippen LogP contribution >= 0.6 is 0 Å². The van der Waals surface area contributed by atoms with Gasteiger partial charge in [0.05, 0.1) is 20.8 Å². The molecule has 0 aromatic heterocycles. The van der Waals surface area contributed by atoms with E-state index in [1.54, 1.807) is 46.4 Å². The van der Waals surface area contributed by atoms with Gasteiger partial charge in [0.15, 0.2) is 0 Å². The normalized spacial score (nSPS) is 26.4. The number of methoxy groups -OCH3 is 2. The molecule has 0 unspecified atom stereocenters. The second kappa shape index (κ2) is 17.9. The molecule has 18 nitrogen and oxygen atoms in total. The zero-order valence-corrected chi connectivity index (χ0v) is 31.9. The minimum Gasteiger partial charge on any atom is -0.467 e. The lowest BCUT2D eigenvalue weighted by Crippen LogP contribution is -2.61. The third-order valence-corrected chi connectivity index (χ3v) is 9.08. The molecule has 18 heteroatoms. The van der Waals surface area contributed by atoms with E-state index in [4.69, 9.17) is 18.9 Å². The molecule has 4 saturated heterocycles. The van der Waals surface area contributed by atoms with Crippen molar-refractivity contribution in [2.24, 2.45) is 0 Å². The van der Waals surface area contributed by atoms with Gasteiger partial charge >= 0.3 is 30.2 Å². The van der Waals surface area contributed by atoms with Crippen LogP contribution in [-0.4, -0.2) is 152 Å². The van der Waals surface area contributed by atoms with E-state index in [1.807, 2.05) is 0 Å². The molecule has 4 N–H and O–H groups in total. The number of urea groups is 1. The van der Waals surface area contributed by atoms with Gasteiger partial charge in [-0.15, -0.1) is 0 Å². The molecule has 4 aliphatic rings. The summed E-state index contributed by atoms with van der Waals surface area (Å²) in [5.41, 5.74) is -1.38. The number of fused-ring (bicyclic) bond motifs is 2. The van der Waals surface area contributed by atoms with E-state index in [2.05, 4.69) is 21.3 Å². The number of hydrogen-bond acceptors (Lipinski definition) is 12. The van der Waals surface area contributed by atoms with Gasteiger partial charge in [0.25, 0.3) is 0 Å². The summed E-state index contributed by atoms with van der Waals surface area (Å²) in [7, 11) is 4.12. The predicted octanol–water partition coefficient (Wildman–Crippen LogP) is 0.863. The molecule has 6 amide bonds. The smallest absolute Gasteiger partial charge is 0.408 e.